The van der Waals surface area contributed by atoms with Crippen LogP contribution < -0.4 is 19.5 Å². The first-order valence-electron chi connectivity index (χ1n) is 7.94. The van der Waals surface area contributed by atoms with Crippen LogP contribution in [0.15, 0.2) is 41.4 Å². The van der Waals surface area contributed by atoms with Crippen molar-refractivity contribution in [1.82, 2.24) is 4.98 Å². The summed E-state index contributed by atoms with van der Waals surface area (Å²) in [6.07, 6.45) is 2.43. The number of methoxy groups -OCH3 is 3. The van der Waals surface area contributed by atoms with Crippen LogP contribution in [0.3, 0.4) is 0 Å². The van der Waals surface area contributed by atoms with Crippen LogP contribution in [-0.4, -0.2) is 47.9 Å². The van der Waals surface area contributed by atoms with Crippen molar-refractivity contribution in [3.63, 3.8) is 0 Å². The van der Waals surface area contributed by atoms with Gasteiger partial charge in [0.2, 0.25) is 0 Å². The molecule has 0 atom stereocenters. The number of sulfonamides is 1. The van der Waals surface area contributed by atoms with Crippen LogP contribution in [0, 0.1) is 0 Å². The zero-order valence-electron chi connectivity index (χ0n) is 15.0. The minimum atomic E-state index is -3.79. The van der Waals surface area contributed by atoms with Crippen molar-refractivity contribution in [3.8, 4) is 11.5 Å². The summed E-state index contributed by atoms with van der Waals surface area (Å²) in [5.74, 6) is 1.01. The van der Waals surface area contributed by atoms with E-state index in [1.165, 1.54) is 32.4 Å². The maximum Gasteiger partial charge on any atom is 0.263 e. The molecule has 2 N–H and O–H groups in total. The van der Waals surface area contributed by atoms with Gasteiger partial charge in [-0.3, -0.25) is 4.72 Å². The van der Waals surface area contributed by atoms with Gasteiger partial charge in [-0.1, -0.05) is 0 Å². The number of anilines is 2. The van der Waals surface area contributed by atoms with E-state index in [1.54, 1.807) is 25.4 Å². The number of hydrogen-bond acceptors (Lipinski definition) is 7. The van der Waals surface area contributed by atoms with Gasteiger partial charge in [-0.2, -0.15) is 0 Å². The van der Waals surface area contributed by atoms with Gasteiger partial charge in [0, 0.05) is 26.3 Å². The summed E-state index contributed by atoms with van der Waals surface area (Å²) >= 11 is 0. The molecule has 1 heterocycles. The van der Waals surface area contributed by atoms with Crippen molar-refractivity contribution in [2.45, 2.75) is 11.3 Å². The molecule has 0 spiro atoms. The lowest BCUT2D eigenvalue weighted by Crippen LogP contribution is -2.14. The summed E-state index contributed by atoms with van der Waals surface area (Å²) in [4.78, 5) is 4.18. The maximum atomic E-state index is 12.5. The Labute approximate surface area is 153 Å². The molecule has 2 aromatic rings. The van der Waals surface area contributed by atoms with Gasteiger partial charge < -0.3 is 19.5 Å². The molecular formula is C17H23N3O5S. The normalized spacial score (nSPS) is 11.0. The van der Waals surface area contributed by atoms with Crippen molar-refractivity contribution >= 4 is 21.5 Å². The highest BCUT2D eigenvalue weighted by Crippen LogP contribution is 2.30. The number of pyridine rings is 1. The predicted octanol–water partition coefficient (Wildman–Crippen LogP) is 2.35. The molecule has 0 saturated heterocycles. The van der Waals surface area contributed by atoms with Crippen molar-refractivity contribution in [1.29, 1.82) is 0 Å². The van der Waals surface area contributed by atoms with Gasteiger partial charge in [-0.25, -0.2) is 13.4 Å². The number of ether oxygens (including phenoxy) is 3. The Morgan fingerprint density at radius 3 is 2.42 bits per heavy atom. The van der Waals surface area contributed by atoms with E-state index >= 15 is 0 Å². The molecule has 0 aliphatic carbocycles. The van der Waals surface area contributed by atoms with Crippen molar-refractivity contribution < 1.29 is 22.6 Å². The first kappa shape index (κ1) is 19.8. The second-order valence-corrected chi connectivity index (χ2v) is 7.01. The average molecular weight is 381 g/mol. The molecule has 2 rings (SSSR count). The van der Waals surface area contributed by atoms with Crippen LogP contribution in [0.5, 0.6) is 11.5 Å². The Bertz CT molecular complexity index is 810. The molecule has 0 amide bonds. The third kappa shape index (κ3) is 5.24. The van der Waals surface area contributed by atoms with Gasteiger partial charge in [0.1, 0.15) is 5.82 Å². The zero-order chi connectivity index (χ0) is 19.0. The number of nitrogens with zero attached hydrogens (tertiary/aromatic N) is 1. The van der Waals surface area contributed by atoms with Crippen LogP contribution in [0.25, 0.3) is 0 Å². The minimum Gasteiger partial charge on any atom is -0.493 e. The van der Waals surface area contributed by atoms with E-state index in [-0.39, 0.29) is 10.7 Å². The SMILES string of the molecule is COCCCNc1ccc(NS(=O)(=O)c2ccc(OC)c(OC)c2)nc1. The molecule has 0 unspecified atom stereocenters. The Kier molecular flexibility index (Phi) is 7.05. The lowest BCUT2D eigenvalue weighted by Gasteiger charge is -2.12. The minimum absolute atomic E-state index is 0.0544. The number of hydrogen-bond donors (Lipinski definition) is 2. The largest absolute Gasteiger partial charge is 0.493 e. The first-order valence-corrected chi connectivity index (χ1v) is 9.42. The third-order valence-corrected chi connectivity index (χ3v) is 4.87. The molecule has 1 aromatic carbocycles. The number of aromatic nitrogens is 1. The highest BCUT2D eigenvalue weighted by molar-refractivity contribution is 7.92. The highest BCUT2D eigenvalue weighted by Gasteiger charge is 2.17. The highest BCUT2D eigenvalue weighted by atomic mass is 32.2. The monoisotopic (exact) mass is 381 g/mol. The second kappa shape index (κ2) is 9.25. The Hall–Kier alpha value is -2.52. The van der Waals surface area contributed by atoms with E-state index in [0.717, 1.165) is 18.7 Å². The van der Waals surface area contributed by atoms with Gasteiger partial charge in [0.05, 0.1) is 31.0 Å². The van der Waals surface area contributed by atoms with Crippen LogP contribution in [0.4, 0.5) is 11.5 Å². The number of benzene rings is 1. The fourth-order valence-corrected chi connectivity index (χ4v) is 3.21. The van der Waals surface area contributed by atoms with Gasteiger partial charge in [0.15, 0.2) is 11.5 Å². The van der Waals surface area contributed by atoms with Gasteiger partial charge in [-0.05, 0) is 30.7 Å². The third-order valence-electron chi connectivity index (χ3n) is 3.52. The van der Waals surface area contributed by atoms with E-state index in [1.807, 2.05) is 0 Å². The smallest absolute Gasteiger partial charge is 0.263 e. The molecule has 26 heavy (non-hydrogen) atoms. The Morgan fingerprint density at radius 1 is 1.04 bits per heavy atom. The molecule has 0 aliphatic rings. The number of nitrogens with one attached hydrogen (secondary N) is 2. The van der Waals surface area contributed by atoms with Crippen molar-refractivity contribution in [3.05, 3.63) is 36.5 Å². The average Bonchev–Trinajstić information content (AvgIpc) is 2.65. The Balaban J connectivity index is 2.07. The molecule has 8 nitrogen and oxygen atoms in total. The molecule has 9 heteroatoms. The van der Waals surface area contributed by atoms with Crippen LogP contribution in [0.2, 0.25) is 0 Å². The molecule has 0 bridgehead atoms. The lowest BCUT2D eigenvalue weighted by atomic mass is 10.3. The predicted molar refractivity (Wildman–Crippen MR) is 99.6 cm³/mol. The van der Waals surface area contributed by atoms with Gasteiger partial charge in [0.25, 0.3) is 10.0 Å². The summed E-state index contributed by atoms with van der Waals surface area (Å²) in [7, 11) is 0.792. The molecule has 0 fully saturated rings. The van der Waals surface area contributed by atoms with E-state index in [0.29, 0.717) is 18.1 Å². The number of rotatable bonds is 10. The molecule has 0 radical (unpaired) electrons. The summed E-state index contributed by atoms with van der Waals surface area (Å²) in [5, 5.41) is 3.18. The standard InChI is InChI=1S/C17H23N3O5S/c1-23-10-4-9-18-13-5-8-17(19-12-13)20-26(21,22)14-6-7-15(24-2)16(11-14)25-3/h5-8,11-12,18H,4,9-10H2,1-3H3,(H,19,20). The topological polar surface area (TPSA) is 98.8 Å². The maximum absolute atomic E-state index is 12.5. The fraction of sp³-hybridized carbons (Fsp3) is 0.353. The van der Waals surface area contributed by atoms with E-state index in [2.05, 4.69) is 15.0 Å². The van der Waals surface area contributed by atoms with Crippen LogP contribution in [-0.2, 0) is 14.8 Å². The lowest BCUT2D eigenvalue weighted by molar-refractivity contribution is 0.198. The Morgan fingerprint density at radius 2 is 1.81 bits per heavy atom. The van der Waals surface area contributed by atoms with Crippen molar-refractivity contribution in [2.24, 2.45) is 0 Å². The molecule has 0 aliphatic heterocycles. The van der Waals surface area contributed by atoms with Crippen LogP contribution in [0.1, 0.15) is 6.42 Å². The zero-order valence-corrected chi connectivity index (χ0v) is 15.8. The first-order chi connectivity index (χ1) is 12.5. The summed E-state index contributed by atoms with van der Waals surface area (Å²) in [5.41, 5.74) is 0.801. The van der Waals surface area contributed by atoms with E-state index < -0.39 is 10.0 Å². The molecule has 0 saturated carbocycles. The van der Waals surface area contributed by atoms with E-state index in [9.17, 15) is 8.42 Å². The van der Waals surface area contributed by atoms with Crippen molar-refractivity contribution in [2.75, 3.05) is 44.5 Å². The summed E-state index contributed by atoms with van der Waals surface area (Å²) < 4.78 is 42.7. The second-order valence-electron chi connectivity index (χ2n) is 5.33. The molecule has 1 aromatic heterocycles. The van der Waals surface area contributed by atoms with Gasteiger partial charge in [-0.15, -0.1) is 0 Å². The fourth-order valence-electron chi connectivity index (χ4n) is 2.19. The van der Waals surface area contributed by atoms with E-state index in [4.69, 9.17) is 14.2 Å². The van der Waals surface area contributed by atoms with Crippen LogP contribution >= 0.6 is 0 Å². The quantitative estimate of drug-likeness (QED) is 0.610. The summed E-state index contributed by atoms with van der Waals surface area (Å²) in [6.45, 7) is 1.41. The molecular weight excluding hydrogens is 358 g/mol. The summed E-state index contributed by atoms with van der Waals surface area (Å²) in [6, 6.07) is 7.72. The molecule has 142 valence electrons. The van der Waals surface area contributed by atoms with Gasteiger partial charge >= 0.3 is 0 Å².